The predicted octanol–water partition coefficient (Wildman–Crippen LogP) is 3.54. The highest BCUT2D eigenvalue weighted by molar-refractivity contribution is 5.88. The minimum atomic E-state index is -0.405. The fraction of sp³-hybridized carbons (Fsp3) is 0.200. The lowest BCUT2D eigenvalue weighted by Crippen LogP contribution is -2.09. The molecule has 0 radical (unpaired) electrons. The van der Waals surface area contributed by atoms with E-state index >= 15 is 0 Å². The van der Waals surface area contributed by atoms with Crippen LogP contribution in [0.25, 0.3) is 11.5 Å². The largest absolute Gasteiger partial charge is 0.427 e. The van der Waals surface area contributed by atoms with Gasteiger partial charge in [0.05, 0.1) is 6.42 Å². The zero-order valence-corrected chi connectivity index (χ0v) is 15.1. The third-order valence-electron chi connectivity index (χ3n) is 3.71. The second kappa shape index (κ2) is 8.27. The second-order valence-corrected chi connectivity index (χ2v) is 6.05. The van der Waals surface area contributed by atoms with Crippen LogP contribution >= 0.6 is 0 Å². The summed E-state index contributed by atoms with van der Waals surface area (Å²) >= 11 is 0. The van der Waals surface area contributed by atoms with Gasteiger partial charge in [0.1, 0.15) is 5.75 Å². The van der Waals surface area contributed by atoms with Crippen molar-refractivity contribution in [1.29, 1.82) is 0 Å². The lowest BCUT2D eigenvalue weighted by molar-refractivity contribution is -0.134. The van der Waals surface area contributed by atoms with Crippen LogP contribution in [0.2, 0.25) is 0 Å². The molecule has 1 aromatic heterocycles. The van der Waals surface area contributed by atoms with Crippen molar-refractivity contribution >= 4 is 17.6 Å². The topological polar surface area (TPSA) is 94.3 Å². The Labute approximate surface area is 156 Å². The van der Waals surface area contributed by atoms with Crippen molar-refractivity contribution in [3.63, 3.8) is 0 Å². The quantitative estimate of drug-likeness (QED) is 0.530. The van der Waals surface area contributed by atoms with Crippen molar-refractivity contribution in [2.75, 3.05) is 5.32 Å². The molecule has 1 N–H and O–H groups in total. The summed E-state index contributed by atoms with van der Waals surface area (Å²) in [5.41, 5.74) is 2.62. The molecule has 3 aromatic rings. The summed E-state index contributed by atoms with van der Waals surface area (Å²) in [6.07, 6.45) is 0.407. The van der Waals surface area contributed by atoms with Crippen molar-refractivity contribution in [1.82, 2.24) is 10.2 Å². The molecule has 1 heterocycles. The van der Waals surface area contributed by atoms with Crippen LogP contribution in [0.4, 0.5) is 5.69 Å². The van der Waals surface area contributed by atoms with E-state index in [1.54, 1.807) is 24.3 Å². The van der Waals surface area contributed by atoms with Crippen LogP contribution in [0.1, 0.15) is 24.8 Å². The Hall–Kier alpha value is -3.48. The van der Waals surface area contributed by atoms with Crippen molar-refractivity contribution < 1.29 is 18.7 Å². The van der Waals surface area contributed by atoms with Crippen molar-refractivity contribution in [2.24, 2.45) is 0 Å². The number of anilines is 1. The molecule has 0 bridgehead atoms. The number of hydrogen-bond acceptors (Lipinski definition) is 6. The van der Waals surface area contributed by atoms with Gasteiger partial charge < -0.3 is 14.5 Å². The van der Waals surface area contributed by atoms with Gasteiger partial charge in [-0.2, -0.15) is 0 Å². The monoisotopic (exact) mass is 365 g/mol. The minimum absolute atomic E-state index is 0.114. The predicted molar refractivity (Wildman–Crippen MR) is 99.2 cm³/mol. The van der Waals surface area contributed by atoms with Crippen LogP contribution < -0.4 is 10.1 Å². The van der Waals surface area contributed by atoms with E-state index < -0.39 is 5.97 Å². The third kappa shape index (κ3) is 5.24. The van der Waals surface area contributed by atoms with Gasteiger partial charge in [0.2, 0.25) is 17.7 Å². The van der Waals surface area contributed by atoms with Crippen LogP contribution in [0.5, 0.6) is 5.75 Å². The van der Waals surface area contributed by atoms with Crippen LogP contribution in [0.3, 0.4) is 0 Å². The van der Waals surface area contributed by atoms with Crippen LogP contribution in [0.15, 0.2) is 52.9 Å². The fourth-order valence-corrected chi connectivity index (χ4v) is 2.37. The SMILES string of the molecule is CC(=O)Nc1ccc(OC(=O)CCc2nnc(-c3ccc(C)cc3)o2)cc1. The summed E-state index contributed by atoms with van der Waals surface area (Å²) in [5.74, 6) is 0.636. The fourth-order valence-electron chi connectivity index (χ4n) is 2.37. The molecule has 0 spiro atoms. The van der Waals surface area contributed by atoms with Gasteiger partial charge in [-0.1, -0.05) is 17.7 Å². The first-order valence-corrected chi connectivity index (χ1v) is 8.47. The molecule has 0 aliphatic rings. The summed E-state index contributed by atoms with van der Waals surface area (Å²) in [6.45, 7) is 3.43. The van der Waals surface area contributed by atoms with Gasteiger partial charge in [0.25, 0.3) is 0 Å². The lowest BCUT2D eigenvalue weighted by atomic mass is 10.1. The average Bonchev–Trinajstić information content (AvgIpc) is 3.11. The molecule has 0 saturated carbocycles. The summed E-state index contributed by atoms with van der Waals surface area (Å²) in [7, 11) is 0. The Balaban J connectivity index is 1.52. The number of nitrogens with one attached hydrogen (secondary N) is 1. The Kier molecular flexibility index (Phi) is 5.61. The maximum atomic E-state index is 12.0. The molecule has 2 aromatic carbocycles. The Morgan fingerprint density at radius 3 is 2.41 bits per heavy atom. The molecule has 0 atom stereocenters. The number of esters is 1. The Morgan fingerprint density at radius 2 is 1.74 bits per heavy atom. The first-order valence-electron chi connectivity index (χ1n) is 8.47. The number of carbonyl (C=O) groups is 2. The second-order valence-electron chi connectivity index (χ2n) is 6.05. The number of hydrogen-bond donors (Lipinski definition) is 1. The number of amides is 1. The molecule has 7 nitrogen and oxygen atoms in total. The molecule has 3 rings (SSSR count). The van der Waals surface area contributed by atoms with Gasteiger partial charge in [0, 0.05) is 24.6 Å². The molecule has 138 valence electrons. The number of rotatable bonds is 6. The van der Waals surface area contributed by atoms with Crippen LogP contribution in [-0.2, 0) is 16.0 Å². The zero-order chi connectivity index (χ0) is 19.2. The highest BCUT2D eigenvalue weighted by Crippen LogP contribution is 2.19. The van der Waals surface area contributed by atoms with Gasteiger partial charge in [-0.15, -0.1) is 10.2 Å². The van der Waals surface area contributed by atoms with Crippen molar-refractivity contribution in [3.8, 4) is 17.2 Å². The maximum Gasteiger partial charge on any atom is 0.311 e. The van der Waals surface area contributed by atoms with Gasteiger partial charge in [-0.05, 0) is 43.3 Å². The van der Waals surface area contributed by atoms with Gasteiger partial charge >= 0.3 is 5.97 Å². The molecule has 0 saturated heterocycles. The molecule has 0 fully saturated rings. The van der Waals surface area contributed by atoms with Gasteiger partial charge in [-0.25, -0.2) is 0 Å². The smallest absolute Gasteiger partial charge is 0.311 e. The first-order chi connectivity index (χ1) is 13.0. The van der Waals surface area contributed by atoms with E-state index in [2.05, 4.69) is 15.5 Å². The van der Waals surface area contributed by atoms with E-state index in [4.69, 9.17) is 9.15 Å². The van der Waals surface area contributed by atoms with Crippen molar-refractivity contribution in [2.45, 2.75) is 26.7 Å². The zero-order valence-electron chi connectivity index (χ0n) is 15.1. The number of aryl methyl sites for hydroxylation is 2. The van der Waals surface area contributed by atoms with Crippen LogP contribution in [0, 0.1) is 6.92 Å². The number of benzene rings is 2. The van der Waals surface area contributed by atoms with E-state index in [0.29, 0.717) is 29.6 Å². The molecular formula is C20H19N3O4. The number of carbonyl (C=O) groups excluding carboxylic acids is 2. The molecule has 27 heavy (non-hydrogen) atoms. The molecule has 1 amide bonds. The summed E-state index contributed by atoms with van der Waals surface area (Å²) in [4.78, 5) is 23.0. The standard InChI is InChI=1S/C20H19N3O4/c1-13-3-5-15(6-4-13)20-23-22-18(27-20)11-12-19(25)26-17-9-7-16(8-10-17)21-14(2)24/h3-10H,11-12H2,1-2H3,(H,21,24). The van der Waals surface area contributed by atoms with Gasteiger partial charge in [0.15, 0.2) is 0 Å². The first kappa shape index (κ1) is 18.3. The average molecular weight is 365 g/mol. The van der Waals surface area contributed by atoms with E-state index in [1.165, 1.54) is 6.92 Å². The molecule has 0 aliphatic carbocycles. The minimum Gasteiger partial charge on any atom is -0.427 e. The highest BCUT2D eigenvalue weighted by atomic mass is 16.5. The molecule has 7 heteroatoms. The van der Waals surface area contributed by atoms with E-state index in [0.717, 1.165) is 11.1 Å². The molecule has 0 unspecified atom stereocenters. The maximum absolute atomic E-state index is 12.0. The number of aromatic nitrogens is 2. The highest BCUT2D eigenvalue weighted by Gasteiger charge is 2.12. The summed E-state index contributed by atoms with van der Waals surface area (Å²) in [6, 6.07) is 14.3. The normalized spacial score (nSPS) is 10.4. The number of nitrogens with zero attached hydrogens (tertiary/aromatic N) is 2. The van der Waals surface area contributed by atoms with E-state index in [9.17, 15) is 9.59 Å². The Bertz CT molecular complexity index is 931. The van der Waals surface area contributed by atoms with Crippen LogP contribution in [-0.4, -0.2) is 22.1 Å². The van der Waals surface area contributed by atoms with Gasteiger partial charge in [-0.3, -0.25) is 9.59 Å². The molecule has 0 aliphatic heterocycles. The van der Waals surface area contributed by atoms with E-state index in [-0.39, 0.29) is 12.3 Å². The molecular weight excluding hydrogens is 346 g/mol. The third-order valence-corrected chi connectivity index (χ3v) is 3.71. The number of ether oxygens (including phenoxy) is 1. The Morgan fingerprint density at radius 1 is 1.04 bits per heavy atom. The summed E-state index contributed by atoms with van der Waals surface area (Å²) < 4.78 is 10.9. The van der Waals surface area contributed by atoms with E-state index in [1.807, 2.05) is 31.2 Å². The van der Waals surface area contributed by atoms with Crippen molar-refractivity contribution in [3.05, 3.63) is 60.0 Å². The summed E-state index contributed by atoms with van der Waals surface area (Å²) in [5, 5.41) is 10.6. The lowest BCUT2D eigenvalue weighted by Gasteiger charge is -2.05.